The first-order chi connectivity index (χ1) is 11.1. The second kappa shape index (κ2) is 6.29. The lowest BCUT2D eigenvalue weighted by molar-refractivity contribution is 0.303. The van der Waals surface area contributed by atoms with Crippen LogP contribution in [0.5, 0.6) is 5.75 Å². The molecule has 1 aliphatic carbocycles. The van der Waals surface area contributed by atoms with Crippen molar-refractivity contribution in [2.75, 3.05) is 0 Å². The summed E-state index contributed by atoms with van der Waals surface area (Å²) in [6.07, 6.45) is 3.81. The smallest absolute Gasteiger partial charge is 0.195 e. The molecule has 0 radical (unpaired) electrons. The first-order valence-corrected chi connectivity index (χ1v) is 7.46. The summed E-state index contributed by atoms with van der Waals surface area (Å²) < 4.78 is 5.73. The quantitative estimate of drug-likeness (QED) is 0.294. The van der Waals surface area contributed by atoms with E-state index < -0.39 is 0 Å². The Hall–Kier alpha value is -2.54. The largest absolute Gasteiger partial charge is 0.489 e. The van der Waals surface area contributed by atoms with E-state index in [0.29, 0.717) is 27.7 Å². The molecule has 3 N–H and O–H groups in total. The maximum absolute atomic E-state index is 7.81. The maximum Gasteiger partial charge on any atom is 0.195 e. The molecule has 23 heavy (non-hydrogen) atoms. The van der Waals surface area contributed by atoms with Gasteiger partial charge in [0.2, 0.25) is 0 Å². The van der Waals surface area contributed by atoms with Crippen LogP contribution in [0.3, 0.4) is 0 Å². The summed E-state index contributed by atoms with van der Waals surface area (Å²) in [5.74, 6) is 5.55. The van der Waals surface area contributed by atoms with E-state index in [9.17, 15) is 0 Å². The zero-order chi connectivity index (χ0) is 16.4. The molecule has 0 unspecified atom stereocenters. The maximum atomic E-state index is 7.81. The molecule has 0 amide bonds. The van der Waals surface area contributed by atoms with Gasteiger partial charge in [-0.3, -0.25) is 5.41 Å². The Bertz CT molecular complexity index is 788. The molecule has 0 atom stereocenters. The van der Waals surface area contributed by atoms with E-state index in [2.05, 4.69) is 20.3 Å². The Morgan fingerprint density at radius 2 is 2.17 bits per heavy atom. The summed E-state index contributed by atoms with van der Waals surface area (Å²) in [5.41, 5.74) is 2.57. The number of hydrogen-bond acceptors (Lipinski definition) is 5. The molecule has 1 aliphatic rings. The van der Waals surface area contributed by atoms with E-state index in [1.54, 1.807) is 6.07 Å². The van der Waals surface area contributed by atoms with Gasteiger partial charge in [-0.05, 0) is 38.0 Å². The van der Waals surface area contributed by atoms with E-state index in [-0.39, 0.29) is 11.9 Å². The number of nitrogens with two attached hydrogens (primary N) is 1. The number of ether oxygens (including phenoxy) is 1. The summed E-state index contributed by atoms with van der Waals surface area (Å²) >= 11 is 6.29. The number of halogens is 1. The van der Waals surface area contributed by atoms with Gasteiger partial charge < -0.3 is 10.6 Å². The Morgan fingerprint density at radius 3 is 2.83 bits per heavy atom. The Labute approximate surface area is 138 Å². The lowest BCUT2D eigenvalue weighted by Gasteiger charge is -2.11. The van der Waals surface area contributed by atoms with Gasteiger partial charge >= 0.3 is 0 Å². The fraction of sp³-hybridized carbons (Fsp3) is 0.267. The highest BCUT2D eigenvalue weighted by Crippen LogP contribution is 2.35. The number of nitrogens with zero attached hydrogens (tertiary/aromatic N) is 4. The van der Waals surface area contributed by atoms with E-state index in [0.717, 1.165) is 18.4 Å². The molecule has 0 aliphatic heterocycles. The molecular formula is C15H15ClN6O. The minimum atomic E-state index is -0.117. The van der Waals surface area contributed by atoms with Gasteiger partial charge in [0.25, 0.3) is 0 Å². The van der Waals surface area contributed by atoms with Crippen LogP contribution in [-0.4, -0.2) is 21.9 Å². The van der Waals surface area contributed by atoms with Crippen molar-refractivity contribution in [2.24, 2.45) is 16.2 Å². The summed E-state index contributed by atoms with van der Waals surface area (Å²) in [6, 6.07) is 5.52. The third kappa shape index (κ3) is 3.29. The van der Waals surface area contributed by atoms with Crippen molar-refractivity contribution in [2.45, 2.75) is 25.9 Å². The first-order valence-electron chi connectivity index (χ1n) is 7.08. The summed E-state index contributed by atoms with van der Waals surface area (Å²) in [4.78, 5) is 8.35. The third-order valence-corrected chi connectivity index (χ3v) is 3.78. The molecule has 1 aromatic heterocycles. The van der Waals surface area contributed by atoms with Crippen molar-refractivity contribution >= 4 is 17.4 Å². The molecule has 1 heterocycles. The second-order valence-electron chi connectivity index (χ2n) is 5.22. The van der Waals surface area contributed by atoms with Crippen molar-refractivity contribution in [3.05, 3.63) is 40.8 Å². The van der Waals surface area contributed by atoms with Gasteiger partial charge in [0.05, 0.1) is 16.8 Å². The predicted molar refractivity (Wildman–Crippen MR) is 86.7 cm³/mol. The van der Waals surface area contributed by atoms with Crippen molar-refractivity contribution in [1.29, 1.82) is 5.41 Å². The van der Waals surface area contributed by atoms with Crippen LogP contribution in [0.4, 0.5) is 0 Å². The van der Waals surface area contributed by atoms with Crippen molar-refractivity contribution in [1.82, 2.24) is 9.97 Å². The van der Waals surface area contributed by atoms with Crippen LogP contribution >= 0.6 is 11.6 Å². The Morgan fingerprint density at radius 1 is 1.39 bits per heavy atom. The highest BCUT2D eigenvalue weighted by atomic mass is 35.5. The zero-order valence-corrected chi connectivity index (χ0v) is 13.2. The zero-order valence-electron chi connectivity index (χ0n) is 12.5. The fourth-order valence-electron chi connectivity index (χ4n) is 2.19. The highest BCUT2D eigenvalue weighted by molar-refractivity contribution is 6.32. The van der Waals surface area contributed by atoms with E-state index in [4.69, 9.17) is 27.6 Å². The van der Waals surface area contributed by atoms with Crippen LogP contribution in [0.1, 0.15) is 24.1 Å². The van der Waals surface area contributed by atoms with Gasteiger partial charge in [0, 0.05) is 11.1 Å². The lowest BCUT2D eigenvalue weighted by Crippen LogP contribution is -2.05. The van der Waals surface area contributed by atoms with Gasteiger partial charge in [0.1, 0.15) is 17.8 Å². The highest BCUT2D eigenvalue weighted by Gasteiger charge is 2.24. The summed E-state index contributed by atoms with van der Waals surface area (Å²) in [7, 11) is 0. The minimum Gasteiger partial charge on any atom is -0.489 e. The molecule has 2 aromatic rings. The van der Waals surface area contributed by atoms with Gasteiger partial charge in [-0.15, -0.1) is 5.11 Å². The first kappa shape index (κ1) is 15.4. The molecule has 1 saturated carbocycles. The van der Waals surface area contributed by atoms with Crippen LogP contribution in [0, 0.1) is 12.3 Å². The molecule has 0 spiro atoms. The molecule has 1 aromatic carbocycles. The number of rotatable bonds is 4. The molecule has 118 valence electrons. The number of hydrogen-bond donors (Lipinski definition) is 2. The summed E-state index contributed by atoms with van der Waals surface area (Å²) in [5, 5.41) is 15.0. The normalized spacial score (nSPS) is 14.2. The van der Waals surface area contributed by atoms with Gasteiger partial charge in [-0.2, -0.15) is 0 Å². The van der Waals surface area contributed by atoms with Crippen LogP contribution in [-0.2, 0) is 0 Å². The number of amidine groups is 1. The van der Waals surface area contributed by atoms with Crippen LogP contribution in [0.2, 0.25) is 5.02 Å². The topological polar surface area (TPSA) is 110 Å². The van der Waals surface area contributed by atoms with Gasteiger partial charge in [-0.25, -0.2) is 9.97 Å². The number of nitrogens with one attached hydrogen (secondary N) is 1. The van der Waals surface area contributed by atoms with E-state index in [1.165, 1.54) is 6.33 Å². The predicted octanol–water partition coefficient (Wildman–Crippen LogP) is 3.30. The molecule has 0 saturated heterocycles. The monoisotopic (exact) mass is 330 g/mol. The second-order valence-corrected chi connectivity index (χ2v) is 5.63. The van der Waals surface area contributed by atoms with Crippen LogP contribution in [0.15, 0.2) is 34.9 Å². The van der Waals surface area contributed by atoms with Crippen LogP contribution in [0.25, 0.3) is 11.3 Å². The molecule has 0 bridgehead atoms. The molecule has 7 nitrogen and oxygen atoms in total. The van der Waals surface area contributed by atoms with E-state index in [1.807, 2.05) is 19.1 Å². The van der Waals surface area contributed by atoms with E-state index >= 15 is 0 Å². The summed E-state index contributed by atoms with van der Waals surface area (Å²) in [6.45, 7) is 1.81. The molecule has 8 heteroatoms. The fourth-order valence-corrected chi connectivity index (χ4v) is 2.42. The number of benzene rings is 1. The number of aromatic nitrogens is 2. The lowest BCUT2D eigenvalue weighted by atomic mass is 10.0. The van der Waals surface area contributed by atoms with Crippen molar-refractivity contribution < 1.29 is 4.74 Å². The molecule has 3 rings (SSSR count). The average Bonchev–Trinajstić information content (AvgIpc) is 3.34. The standard InChI is InChI=1S/C15H15ClN6O/c1-8-13(19-7-20-14(8)15(17)21-22-18)9-2-5-12(11(16)6-9)23-10-3-4-10/h2,5-7,10H,3-4H2,1H3,(H3,17,18,21). The average molecular weight is 331 g/mol. The van der Waals surface area contributed by atoms with Gasteiger partial charge in [-0.1, -0.05) is 16.8 Å². The molecular weight excluding hydrogens is 316 g/mol. The Balaban J connectivity index is 1.96. The van der Waals surface area contributed by atoms with Crippen molar-refractivity contribution in [3.8, 4) is 17.0 Å². The SMILES string of the molecule is Cc1c(C(=N)N=NN)ncnc1-c1ccc(OC2CC2)c(Cl)c1. The van der Waals surface area contributed by atoms with Crippen molar-refractivity contribution in [3.63, 3.8) is 0 Å². The third-order valence-electron chi connectivity index (χ3n) is 3.49. The Kier molecular flexibility index (Phi) is 4.20. The minimum absolute atomic E-state index is 0.117. The van der Waals surface area contributed by atoms with Crippen LogP contribution < -0.4 is 10.6 Å². The van der Waals surface area contributed by atoms with Gasteiger partial charge in [0.15, 0.2) is 5.84 Å². The molecule has 1 fully saturated rings.